The molecule has 0 fully saturated rings. The maximum absolute atomic E-state index is 6.46. The normalized spacial score (nSPS) is 13.8. The molecule has 0 atom stereocenters. The minimum atomic E-state index is -3.08. The monoisotopic (exact) mass is 492 g/mol. The van der Waals surface area contributed by atoms with E-state index in [1.807, 2.05) is 92.6 Å². The predicted molar refractivity (Wildman–Crippen MR) is 124 cm³/mol. The summed E-state index contributed by atoms with van der Waals surface area (Å²) in [6.07, 6.45) is 0. The predicted octanol–water partition coefficient (Wildman–Crippen LogP) is 6.66. The van der Waals surface area contributed by atoms with Crippen LogP contribution in [0.4, 0.5) is 0 Å². The van der Waals surface area contributed by atoms with Crippen LogP contribution in [0.15, 0.2) is 30.3 Å². The maximum Gasteiger partial charge on any atom is 0.538 e. The van der Waals surface area contributed by atoms with Gasteiger partial charge in [-0.3, -0.25) is 0 Å². The van der Waals surface area contributed by atoms with Crippen LogP contribution in [0.2, 0.25) is 0 Å². The van der Waals surface area contributed by atoms with E-state index in [9.17, 15) is 0 Å². The Balaban J connectivity index is 0.00000119. The maximum atomic E-state index is 6.46. The first kappa shape index (κ1) is 27.7. The summed E-state index contributed by atoms with van der Waals surface area (Å²) in [5.74, 6) is 0. The van der Waals surface area contributed by atoms with Crippen LogP contribution >= 0.6 is 44.3 Å². The van der Waals surface area contributed by atoms with Crippen molar-refractivity contribution in [3.63, 3.8) is 0 Å². The van der Waals surface area contributed by atoms with Gasteiger partial charge in [0.1, 0.15) is 0 Å². The van der Waals surface area contributed by atoms with Crippen LogP contribution in [0.3, 0.4) is 0 Å². The highest BCUT2D eigenvalue weighted by molar-refractivity contribution is 7.81. The van der Waals surface area contributed by atoms with Crippen molar-refractivity contribution in [3.05, 3.63) is 30.3 Å². The van der Waals surface area contributed by atoms with Gasteiger partial charge in [0.05, 0.1) is 16.8 Å². The smallest absolute Gasteiger partial charge is 0.365 e. The average molecular weight is 494 g/mol. The summed E-state index contributed by atoms with van der Waals surface area (Å²) in [5.41, 5.74) is -1.09. The lowest BCUT2D eigenvalue weighted by molar-refractivity contribution is -0.0655. The Bertz CT molecular complexity index is 512. The summed E-state index contributed by atoms with van der Waals surface area (Å²) in [6, 6.07) is 10.1. The zero-order valence-corrected chi connectivity index (χ0v) is 22.6. The molecule has 0 aliphatic heterocycles. The molecular formula is C18H32Cl4O3Si2. The molecule has 1 aromatic rings. The summed E-state index contributed by atoms with van der Waals surface area (Å²) in [6.45, 7) is 18.3. The molecule has 0 radical (unpaired) electrons. The molecule has 0 bridgehead atoms. The fraction of sp³-hybridized carbons (Fsp3) is 0.667. The van der Waals surface area contributed by atoms with E-state index in [1.165, 1.54) is 0 Å². The van der Waals surface area contributed by atoms with Crippen molar-refractivity contribution in [1.82, 2.24) is 0 Å². The van der Waals surface area contributed by atoms with Gasteiger partial charge in [0.15, 0.2) is 0 Å². The standard InChI is InChI=1S/C18H32O3Si.Cl4Si/c1-16(2,3)19-22(20-17(4,5)6,21-18(7,8)9)15-13-11-10-12-14-15;1-5(2,3)4/h10-14H,1-9H3;. The van der Waals surface area contributed by atoms with Crippen LogP contribution in [-0.2, 0) is 13.3 Å². The molecule has 1 rings (SSSR count). The zero-order valence-electron chi connectivity index (χ0n) is 17.6. The molecule has 0 aliphatic rings. The number of halogens is 4. The first-order valence-electron chi connectivity index (χ1n) is 8.64. The van der Waals surface area contributed by atoms with Gasteiger partial charge in [-0.15, -0.1) is 44.3 Å². The van der Waals surface area contributed by atoms with Gasteiger partial charge in [-0.1, -0.05) is 30.3 Å². The van der Waals surface area contributed by atoms with Crippen LogP contribution in [0, 0.1) is 0 Å². The van der Waals surface area contributed by atoms with Gasteiger partial charge in [0.25, 0.3) is 0 Å². The summed E-state index contributed by atoms with van der Waals surface area (Å²) in [4.78, 5) is 0. The first-order valence-corrected chi connectivity index (χ1v) is 16.4. The minimum absolute atomic E-state index is 0.363. The van der Waals surface area contributed by atoms with E-state index in [0.29, 0.717) is 0 Å². The van der Waals surface area contributed by atoms with Crippen LogP contribution in [0.5, 0.6) is 0 Å². The molecule has 0 spiro atoms. The Morgan fingerprint density at radius 1 is 0.593 bits per heavy atom. The highest BCUT2D eigenvalue weighted by Crippen LogP contribution is 2.28. The molecular weight excluding hydrogens is 462 g/mol. The van der Waals surface area contributed by atoms with Gasteiger partial charge in [0.2, 0.25) is 0 Å². The quantitative estimate of drug-likeness (QED) is 0.346. The Morgan fingerprint density at radius 2 is 0.852 bits per heavy atom. The summed E-state index contributed by atoms with van der Waals surface area (Å²) in [7, 11) is -3.08. The highest BCUT2D eigenvalue weighted by Gasteiger charge is 2.52. The number of hydrogen-bond donors (Lipinski definition) is 0. The van der Waals surface area contributed by atoms with Crippen molar-refractivity contribution in [2.45, 2.75) is 79.1 Å². The highest BCUT2D eigenvalue weighted by atomic mass is 36.0. The lowest BCUT2D eigenvalue weighted by Gasteiger charge is -2.43. The third-order valence-corrected chi connectivity index (χ3v) is 6.13. The Morgan fingerprint density at radius 3 is 1.07 bits per heavy atom. The molecule has 158 valence electrons. The van der Waals surface area contributed by atoms with E-state index in [-0.39, 0.29) is 16.8 Å². The summed E-state index contributed by atoms with van der Waals surface area (Å²) < 4.78 is 19.4. The Kier molecular flexibility index (Phi) is 10.4. The molecule has 9 heteroatoms. The number of hydrogen-bond acceptors (Lipinski definition) is 3. The van der Waals surface area contributed by atoms with Crippen molar-refractivity contribution in [2.75, 3.05) is 0 Å². The van der Waals surface area contributed by atoms with Crippen molar-refractivity contribution < 1.29 is 13.3 Å². The van der Waals surface area contributed by atoms with Gasteiger partial charge < -0.3 is 13.3 Å². The summed E-state index contributed by atoms with van der Waals surface area (Å²) >= 11 is 19.9. The van der Waals surface area contributed by atoms with E-state index in [1.54, 1.807) is 0 Å². The van der Waals surface area contributed by atoms with Gasteiger partial charge >= 0.3 is 14.1 Å². The SMILES string of the molecule is CC(C)(C)O[Si](OC(C)(C)C)(OC(C)(C)C)c1ccccc1.Cl[Si](Cl)(Cl)Cl. The molecule has 0 unspecified atom stereocenters. The van der Waals surface area contributed by atoms with Crippen molar-refractivity contribution >= 4 is 63.6 Å². The second-order valence-corrected chi connectivity index (χ2v) is 22.4. The van der Waals surface area contributed by atoms with Crippen molar-refractivity contribution in [3.8, 4) is 0 Å². The number of benzene rings is 1. The molecule has 0 saturated heterocycles. The van der Waals surface area contributed by atoms with E-state index in [0.717, 1.165) is 5.19 Å². The van der Waals surface area contributed by atoms with E-state index < -0.39 is 14.1 Å². The fourth-order valence-electron chi connectivity index (χ4n) is 2.09. The Labute approximate surface area is 185 Å². The topological polar surface area (TPSA) is 27.7 Å². The van der Waals surface area contributed by atoms with E-state index in [4.69, 9.17) is 57.6 Å². The third kappa shape index (κ3) is 15.2. The average Bonchev–Trinajstić information content (AvgIpc) is 2.31. The molecule has 0 amide bonds. The first-order chi connectivity index (χ1) is 11.7. The second kappa shape index (κ2) is 10.1. The van der Waals surface area contributed by atoms with E-state index in [2.05, 4.69) is 0 Å². The van der Waals surface area contributed by atoms with Crippen LogP contribution in [0.1, 0.15) is 62.3 Å². The van der Waals surface area contributed by atoms with Crippen LogP contribution in [-0.4, -0.2) is 30.9 Å². The van der Waals surface area contributed by atoms with Crippen molar-refractivity contribution in [1.29, 1.82) is 0 Å². The van der Waals surface area contributed by atoms with Gasteiger partial charge in [0, 0.05) is 5.19 Å². The molecule has 0 aliphatic carbocycles. The fourth-order valence-corrected chi connectivity index (χ4v) is 5.59. The molecule has 0 saturated carbocycles. The molecule has 1 aromatic carbocycles. The lowest BCUT2D eigenvalue weighted by atomic mass is 10.2. The van der Waals surface area contributed by atoms with Crippen LogP contribution < -0.4 is 5.19 Å². The Hall–Kier alpha value is 0.694. The minimum Gasteiger partial charge on any atom is -0.365 e. The van der Waals surface area contributed by atoms with Gasteiger partial charge in [-0.2, -0.15) is 0 Å². The van der Waals surface area contributed by atoms with Gasteiger partial charge in [-0.05, 0) is 62.3 Å². The lowest BCUT2D eigenvalue weighted by Crippen LogP contribution is -2.64. The largest absolute Gasteiger partial charge is 0.538 e. The third-order valence-electron chi connectivity index (χ3n) is 2.45. The molecule has 0 heterocycles. The summed E-state index contributed by atoms with van der Waals surface area (Å²) in [5, 5.41) is -1.73. The van der Waals surface area contributed by atoms with Crippen molar-refractivity contribution in [2.24, 2.45) is 0 Å². The van der Waals surface area contributed by atoms with Crippen LogP contribution in [0.25, 0.3) is 0 Å². The zero-order chi connectivity index (χ0) is 21.7. The van der Waals surface area contributed by atoms with Gasteiger partial charge in [-0.25, -0.2) is 0 Å². The van der Waals surface area contributed by atoms with E-state index >= 15 is 0 Å². The molecule has 3 nitrogen and oxygen atoms in total. The number of rotatable bonds is 4. The molecule has 27 heavy (non-hydrogen) atoms. The molecule has 0 aromatic heterocycles. The molecule has 0 N–H and O–H groups in total. The second-order valence-electron chi connectivity index (χ2n) is 8.99.